The highest BCUT2D eigenvalue weighted by Crippen LogP contribution is 2.25. The zero-order chi connectivity index (χ0) is 21.1. The number of amides is 1. The highest BCUT2D eigenvalue weighted by Gasteiger charge is 2.14. The molecule has 1 amide bonds. The van der Waals surface area contributed by atoms with E-state index in [0.29, 0.717) is 22.3 Å². The van der Waals surface area contributed by atoms with Crippen LogP contribution in [0.5, 0.6) is 5.75 Å². The van der Waals surface area contributed by atoms with Gasteiger partial charge in [0.2, 0.25) is 5.13 Å². The summed E-state index contributed by atoms with van der Waals surface area (Å²) in [7, 11) is 0. The Morgan fingerprint density at radius 1 is 0.967 bits per heavy atom. The van der Waals surface area contributed by atoms with Crippen molar-refractivity contribution in [1.29, 1.82) is 0 Å². The van der Waals surface area contributed by atoms with Crippen LogP contribution in [0.2, 0.25) is 0 Å². The Balaban J connectivity index is 1.40. The minimum absolute atomic E-state index is 0.106. The minimum Gasteiger partial charge on any atom is -0.486 e. The minimum atomic E-state index is -0.201. The predicted molar refractivity (Wildman–Crippen MR) is 121 cm³/mol. The molecule has 0 atom stereocenters. The van der Waals surface area contributed by atoms with Crippen molar-refractivity contribution in [2.75, 3.05) is 5.32 Å². The summed E-state index contributed by atoms with van der Waals surface area (Å²) >= 11 is 1.31. The molecule has 0 spiro atoms. The fourth-order valence-corrected chi connectivity index (χ4v) is 3.79. The second-order valence-electron chi connectivity index (χ2n) is 8.04. The molecular formula is C24H23N3O2S. The molecule has 4 aromatic rings. The van der Waals surface area contributed by atoms with E-state index < -0.39 is 0 Å². The standard InChI is InChI=1S/C24H23N3O2S/c1-24(2,3)17-11-13-18(14-12-17)29-15-21-26-27-23(30-21)25-22(28)20-10-6-8-16-7-4-5-9-19(16)20/h4-14H,15H2,1-3H3,(H,25,27,28). The predicted octanol–water partition coefficient (Wildman–Crippen LogP) is 5.82. The van der Waals surface area contributed by atoms with Crippen LogP contribution in [-0.4, -0.2) is 16.1 Å². The van der Waals surface area contributed by atoms with Crippen molar-refractivity contribution in [3.63, 3.8) is 0 Å². The van der Waals surface area contributed by atoms with Gasteiger partial charge in [-0.1, -0.05) is 80.6 Å². The molecule has 0 aliphatic rings. The van der Waals surface area contributed by atoms with Gasteiger partial charge in [-0.05, 0) is 39.9 Å². The second-order valence-corrected chi connectivity index (χ2v) is 9.11. The molecule has 0 radical (unpaired) electrons. The number of carbonyl (C=O) groups is 1. The first kappa shape index (κ1) is 20.0. The molecule has 3 aromatic carbocycles. The van der Waals surface area contributed by atoms with E-state index in [1.807, 2.05) is 54.6 Å². The Labute approximate surface area is 179 Å². The first-order chi connectivity index (χ1) is 14.4. The number of hydrogen-bond donors (Lipinski definition) is 1. The molecule has 0 fully saturated rings. The number of nitrogens with one attached hydrogen (secondary N) is 1. The summed E-state index contributed by atoms with van der Waals surface area (Å²) in [5.41, 5.74) is 1.97. The summed E-state index contributed by atoms with van der Waals surface area (Å²) in [6.45, 7) is 6.84. The highest BCUT2D eigenvalue weighted by molar-refractivity contribution is 7.15. The number of aromatic nitrogens is 2. The van der Waals surface area contributed by atoms with Crippen LogP contribution >= 0.6 is 11.3 Å². The lowest BCUT2D eigenvalue weighted by Gasteiger charge is -2.19. The third kappa shape index (κ3) is 4.49. The Morgan fingerprint density at radius 3 is 2.47 bits per heavy atom. The monoisotopic (exact) mass is 417 g/mol. The Kier molecular flexibility index (Phi) is 5.50. The summed E-state index contributed by atoms with van der Waals surface area (Å²) in [5.74, 6) is 0.577. The summed E-state index contributed by atoms with van der Waals surface area (Å²) < 4.78 is 5.82. The van der Waals surface area contributed by atoms with Gasteiger partial charge < -0.3 is 4.74 Å². The lowest BCUT2D eigenvalue weighted by atomic mass is 9.87. The van der Waals surface area contributed by atoms with Gasteiger partial charge in [0.05, 0.1) is 0 Å². The molecular weight excluding hydrogens is 394 g/mol. The van der Waals surface area contributed by atoms with E-state index in [4.69, 9.17) is 4.74 Å². The van der Waals surface area contributed by atoms with Crippen LogP contribution in [-0.2, 0) is 12.0 Å². The maximum atomic E-state index is 12.7. The second kappa shape index (κ2) is 8.24. The molecule has 0 unspecified atom stereocenters. The summed E-state index contributed by atoms with van der Waals surface area (Å²) in [4.78, 5) is 12.7. The number of fused-ring (bicyclic) bond motifs is 1. The molecule has 0 aliphatic carbocycles. The first-order valence-corrected chi connectivity index (χ1v) is 10.6. The van der Waals surface area contributed by atoms with Crippen LogP contribution in [0.25, 0.3) is 10.8 Å². The molecule has 1 N–H and O–H groups in total. The molecule has 0 aliphatic heterocycles. The number of hydrogen-bond acceptors (Lipinski definition) is 5. The van der Waals surface area contributed by atoms with Crippen molar-refractivity contribution in [2.24, 2.45) is 0 Å². The van der Waals surface area contributed by atoms with Crippen LogP contribution in [0.1, 0.15) is 41.7 Å². The topological polar surface area (TPSA) is 64.1 Å². The van der Waals surface area contributed by atoms with Gasteiger partial charge in [-0.15, -0.1) is 10.2 Å². The van der Waals surface area contributed by atoms with Gasteiger partial charge in [0.25, 0.3) is 5.91 Å². The summed E-state index contributed by atoms with van der Waals surface area (Å²) in [6.07, 6.45) is 0. The number of carbonyl (C=O) groups excluding carboxylic acids is 1. The van der Waals surface area contributed by atoms with Crippen molar-refractivity contribution < 1.29 is 9.53 Å². The maximum absolute atomic E-state index is 12.7. The number of rotatable bonds is 5. The van der Waals surface area contributed by atoms with E-state index in [2.05, 4.69) is 48.4 Å². The molecule has 6 heteroatoms. The van der Waals surface area contributed by atoms with Gasteiger partial charge in [0.15, 0.2) is 5.01 Å². The van der Waals surface area contributed by atoms with Crippen molar-refractivity contribution in [3.8, 4) is 5.75 Å². The lowest BCUT2D eigenvalue weighted by molar-refractivity contribution is 0.102. The normalized spacial score (nSPS) is 11.4. The third-order valence-corrected chi connectivity index (χ3v) is 5.62. The van der Waals surface area contributed by atoms with Crippen LogP contribution < -0.4 is 10.1 Å². The van der Waals surface area contributed by atoms with E-state index in [1.54, 1.807) is 0 Å². The Morgan fingerprint density at radius 2 is 1.70 bits per heavy atom. The zero-order valence-electron chi connectivity index (χ0n) is 17.2. The number of benzene rings is 3. The van der Waals surface area contributed by atoms with Crippen molar-refractivity contribution >= 4 is 33.1 Å². The molecule has 0 saturated carbocycles. The fourth-order valence-electron chi connectivity index (χ4n) is 3.15. The molecule has 0 bridgehead atoms. The van der Waals surface area contributed by atoms with E-state index >= 15 is 0 Å². The quantitative estimate of drug-likeness (QED) is 0.444. The smallest absolute Gasteiger partial charge is 0.258 e. The third-order valence-electron chi connectivity index (χ3n) is 4.80. The van der Waals surface area contributed by atoms with Gasteiger partial charge >= 0.3 is 0 Å². The van der Waals surface area contributed by atoms with Crippen LogP contribution in [0.4, 0.5) is 5.13 Å². The molecule has 1 aromatic heterocycles. The maximum Gasteiger partial charge on any atom is 0.258 e. The van der Waals surface area contributed by atoms with E-state index in [9.17, 15) is 4.79 Å². The molecule has 4 rings (SSSR count). The van der Waals surface area contributed by atoms with E-state index in [0.717, 1.165) is 16.5 Å². The van der Waals surface area contributed by atoms with Gasteiger partial charge in [-0.2, -0.15) is 0 Å². The van der Waals surface area contributed by atoms with Gasteiger partial charge in [-0.25, -0.2) is 0 Å². The van der Waals surface area contributed by atoms with E-state index in [-0.39, 0.29) is 11.3 Å². The average molecular weight is 418 g/mol. The number of ether oxygens (including phenoxy) is 1. The van der Waals surface area contributed by atoms with Crippen molar-refractivity contribution in [2.45, 2.75) is 32.8 Å². The SMILES string of the molecule is CC(C)(C)c1ccc(OCc2nnc(NC(=O)c3cccc4ccccc34)s2)cc1. The molecule has 30 heavy (non-hydrogen) atoms. The lowest BCUT2D eigenvalue weighted by Crippen LogP contribution is -2.12. The van der Waals surface area contributed by atoms with Crippen LogP contribution in [0.3, 0.4) is 0 Å². The Bertz CT molecular complexity index is 1170. The number of anilines is 1. The van der Waals surface area contributed by atoms with Crippen molar-refractivity contribution in [3.05, 3.63) is 82.9 Å². The van der Waals surface area contributed by atoms with Crippen molar-refractivity contribution in [1.82, 2.24) is 10.2 Å². The Hall–Kier alpha value is -3.25. The summed E-state index contributed by atoms with van der Waals surface area (Å²) in [5, 5.41) is 14.1. The van der Waals surface area contributed by atoms with E-state index in [1.165, 1.54) is 16.9 Å². The highest BCUT2D eigenvalue weighted by atomic mass is 32.1. The largest absolute Gasteiger partial charge is 0.486 e. The molecule has 5 nitrogen and oxygen atoms in total. The molecule has 0 saturated heterocycles. The number of nitrogens with zero attached hydrogens (tertiary/aromatic N) is 2. The molecule has 1 heterocycles. The van der Waals surface area contributed by atoms with Gasteiger partial charge in [-0.3, -0.25) is 10.1 Å². The van der Waals surface area contributed by atoms with Gasteiger partial charge in [0, 0.05) is 5.56 Å². The average Bonchev–Trinajstić information content (AvgIpc) is 3.18. The van der Waals surface area contributed by atoms with Crippen LogP contribution in [0.15, 0.2) is 66.7 Å². The fraction of sp³-hybridized carbons (Fsp3) is 0.208. The van der Waals surface area contributed by atoms with Crippen LogP contribution in [0, 0.1) is 0 Å². The molecule has 152 valence electrons. The zero-order valence-corrected chi connectivity index (χ0v) is 18.0. The van der Waals surface area contributed by atoms with Gasteiger partial charge in [0.1, 0.15) is 12.4 Å². The first-order valence-electron chi connectivity index (χ1n) is 9.75. The summed E-state index contributed by atoms with van der Waals surface area (Å²) in [6, 6.07) is 21.6.